The summed E-state index contributed by atoms with van der Waals surface area (Å²) < 4.78 is 5.83. The van der Waals surface area contributed by atoms with Crippen LogP contribution in [0.5, 0.6) is 0 Å². The minimum Gasteiger partial charge on any atom is -0.436 e. The molecule has 1 aromatic heterocycles. The van der Waals surface area contributed by atoms with Gasteiger partial charge in [-0.3, -0.25) is 4.79 Å². The number of nitrogens with one attached hydrogen (secondary N) is 1. The number of alkyl halides is 1. The molecule has 1 N–H and O–H groups in total. The fourth-order valence-electron chi connectivity index (χ4n) is 2.34. The van der Waals surface area contributed by atoms with Crippen molar-refractivity contribution in [2.45, 2.75) is 13.8 Å². The Morgan fingerprint density at radius 3 is 2.86 bits per heavy atom. The quantitative estimate of drug-likeness (QED) is 0.734. The van der Waals surface area contributed by atoms with Gasteiger partial charge >= 0.3 is 0 Å². The summed E-state index contributed by atoms with van der Waals surface area (Å²) in [4.78, 5) is 16.0. The molecule has 3 aromatic rings. The Hall–Kier alpha value is -2.33. The molecule has 112 valence electrons. The minimum absolute atomic E-state index is 0.0775. The standard InChI is InChI=1S/C17H15ClN2O2/c1-10-6-7-15-14(8-10)20-17(22-15)12-4-3-5-13(11(12)2)19-16(21)9-18/h3-8H,9H2,1-2H3,(H,19,21). The van der Waals surface area contributed by atoms with E-state index in [0.29, 0.717) is 11.6 Å². The maximum Gasteiger partial charge on any atom is 0.239 e. The van der Waals surface area contributed by atoms with Gasteiger partial charge in [-0.2, -0.15) is 0 Å². The Balaban J connectivity index is 2.06. The summed E-state index contributed by atoms with van der Waals surface area (Å²) in [6, 6.07) is 11.5. The normalized spacial score (nSPS) is 10.9. The second-order valence-corrected chi connectivity index (χ2v) is 5.42. The Labute approximate surface area is 133 Å². The third-order valence-electron chi connectivity index (χ3n) is 3.50. The van der Waals surface area contributed by atoms with Gasteiger partial charge in [0.1, 0.15) is 11.4 Å². The summed E-state index contributed by atoms with van der Waals surface area (Å²) in [5, 5.41) is 2.77. The molecule has 0 atom stereocenters. The van der Waals surface area contributed by atoms with E-state index in [2.05, 4.69) is 10.3 Å². The second-order valence-electron chi connectivity index (χ2n) is 5.15. The first-order valence-corrected chi connectivity index (χ1v) is 7.45. The van der Waals surface area contributed by atoms with Gasteiger partial charge in [0.15, 0.2) is 5.58 Å². The van der Waals surface area contributed by atoms with Crippen molar-refractivity contribution in [2.24, 2.45) is 0 Å². The lowest BCUT2D eigenvalue weighted by molar-refractivity contribution is -0.113. The Bertz CT molecular complexity index is 855. The maximum atomic E-state index is 11.5. The SMILES string of the molecule is Cc1ccc2oc(-c3cccc(NC(=O)CCl)c3C)nc2c1. The highest BCUT2D eigenvalue weighted by atomic mass is 35.5. The van der Waals surface area contributed by atoms with Gasteiger partial charge < -0.3 is 9.73 Å². The lowest BCUT2D eigenvalue weighted by Crippen LogP contribution is -2.13. The van der Waals surface area contributed by atoms with Crippen LogP contribution in [0.25, 0.3) is 22.6 Å². The van der Waals surface area contributed by atoms with Crippen LogP contribution in [0.2, 0.25) is 0 Å². The second kappa shape index (κ2) is 5.81. The predicted octanol–water partition coefficient (Wildman–Crippen LogP) is 4.29. The number of aryl methyl sites for hydroxylation is 1. The Kier molecular flexibility index (Phi) is 3.86. The summed E-state index contributed by atoms with van der Waals surface area (Å²) >= 11 is 5.54. The van der Waals surface area contributed by atoms with E-state index < -0.39 is 0 Å². The monoisotopic (exact) mass is 314 g/mol. The zero-order valence-corrected chi connectivity index (χ0v) is 13.1. The summed E-state index contributed by atoms with van der Waals surface area (Å²) in [6.07, 6.45) is 0. The van der Waals surface area contributed by atoms with Crippen molar-refractivity contribution in [3.05, 3.63) is 47.5 Å². The van der Waals surface area contributed by atoms with Crippen molar-refractivity contribution >= 4 is 34.3 Å². The van der Waals surface area contributed by atoms with E-state index in [-0.39, 0.29) is 11.8 Å². The molecule has 5 heteroatoms. The van der Waals surface area contributed by atoms with Crippen LogP contribution in [-0.4, -0.2) is 16.8 Å². The van der Waals surface area contributed by atoms with E-state index >= 15 is 0 Å². The average Bonchev–Trinajstić information content (AvgIpc) is 2.91. The first kappa shape index (κ1) is 14.6. The van der Waals surface area contributed by atoms with Crippen LogP contribution >= 0.6 is 11.6 Å². The van der Waals surface area contributed by atoms with Gasteiger partial charge in [0.2, 0.25) is 11.8 Å². The van der Waals surface area contributed by atoms with Crippen LogP contribution in [0.1, 0.15) is 11.1 Å². The highest BCUT2D eigenvalue weighted by molar-refractivity contribution is 6.29. The van der Waals surface area contributed by atoms with E-state index in [4.69, 9.17) is 16.0 Å². The number of halogens is 1. The van der Waals surface area contributed by atoms with Crippen molar-refractivity contribution in [3.63, 3.8) is 0 Å². The van der Waals surface area contributed by atoms with Crippen molar-refractivity contribution in [1.29, 1.82) is 0 Å². The Morgan fingerprint density at radius 1 is 1.27 bits per heavy atom. The fraction of sp³-hybridized carbons (Fsp3) is 0.176. The number of hydrogen-bond acceptors (Lipinski definition) is 3. The molecule has 0 spiro atoms. The lowest BCUT2D eigenvalue weighted by atomic mass is 10.1. The Morgan fingerprint density at radius 2 is 2.09 bits per heavy atom. The number of anilines is 1. The fourth-order valence-corrected chi connectivity index (χ4v) is 2.41. The summed E-state index contributed by atoms with van der Waals surface area (Å²) in [6.45, 7) is 3.93. The molecule has 4 nitrogen and oxygen atoms in total. The first-order chi connectivity index (χ1) is 10.6. The molecule has 0 aliphatic carbocycles. The zero-order chi connectivity index (χ0) is 15.7. The van der Waals surface area contributed by atoms with Gasteiger partial charge in [0, 0.05) is 11.3 Å². The highest BCUT2D eigenvalue weighted by Crippen LogP contribution is 2.30. The van der Waals surface area contributed by atoms with Crippen molar-refractivity contribution in [2.75, 3.05) is 11.2 Å². The van der Waals surface area contributed by atoms with Crippen molar-refractivity contribution in [3.8, 4) is 11.5 Å². The third-order valence-corrected chi connectivity index (χ3v) is 3.75. The molecular formula is C17H15ClN2O2. The summed E-state index contributed by atoms with van der Waals surface area (Å²) in [5.74, 6) is 0.224. The molecule has 1 amide bonds. The molecule has 0 radical (unpaired) electrons. The molecule has 22 heavy (non-hydrogen) atoms. The minimum atomic E-state index is -0.241. The van der Waals surface area contributed by atoms with Crippen LogP contribution in [0, 0.1) is 13.8 Å². The number of oxazole rings is 1. The number of nitrogens with zero attached hydrogens (tertiary/aromatic N) is 1. The number of carbonyl (C=O) groups is 1. The van der Waals surface area contributed by atoms with Crippen molar-refractivity contribution < 1.29 is 9.21 Å². The maximum absolute atomic E-state index is 11.5. The van der Waals surface area contributed by atoms with Crippen LogP contribution in [0.4, 0.5) is 5.69 Å². The molecule has 0 bridgehead atoms. The van der Waals surface area contributed by atoms with Gasteiger partial charge in [-0.1, -0.05) is 12.1 Å². The molecular weight excluding hydrogens is 300 g/mol. The topological polar surface area (TPSA) is 55.1 Å². The number of amides is 1. The van der Waals surface area contributed by atoms with Gasteiger partial charge in [-0.15, -0.1) is 11.6 Å². The number of carbonyl (C=O) groups excluding carboxylic acids is 1. The molecule has 0 fully saturated rings. The molecule has 0 aliphatic rings. The smallest absolute Gasteiger partial charge is 0.239 e. The highest BCUT2D eigenvalue weighted by Gasteiger charge is 2.13. The largest absolute Gasteiger partial charge is 0.436 e. The summed E-state index contributed by atoms with van der Waals surface area (Å²) in [5.41, 5.74) is 5.15. The number of benzene rings is 2. The molecule has 0 aliphatic heterocycles. The van der Waals surface area contributed by atoms with Crippen LogP contribution in [-0.2, 0) is 4.79 Å². The lowest BCUT2D eigenvalue weighted by Gasteiger charge is -2.09. The number of rotatable bonds is 3. The van der Waals surface area contributed by atoms with Gasteiger partial charge in [-0.25, -0.2) is 4.98 Å². The number of hydrogen-bond donors (Lipinski definition) is 1. The van der Waals surface area contributed by atoms with E-state index in [1.54, 1.807) is 0 Å². The number of fused-ring (bicyclic) bond motifs is 1. The molecule has 2 aromatic carbocycles. The van der Waals surface area contributed by atoms with Gasteiger partial charge in [0.05, 0.1) is 0 Å². The third kappa shape index (κ3) is 2.70. The van der Waals surface area contributed by atoms with Gasteiger partial charge in [0.25, 0.3) is 0 Å². The average molecular weight is 315 g/mol. The van der Waals surface area contributed by atoms with E-state index in [0.717, 1.165) is 27.8 Å². The van der Waals surface area contributed by atoms with E-state index in [1.165, 1.54) is 0 Å². The van der Waals surface area contributed by atoms with E-state index in [9.17, 15) is 4.79 Å². The zero-order valence-electron chi connectivity index (χ0n) is 12.3. The molecule has 0 unspecified atom stereocenters. The summed E-state index contributed by atoms with van der Waals surface area (Å²) in [7, 11) is 0. The van der Waals surface area contributed by atoms with Crippen LogP contribution in [0.3, 0.4) is 0 Å². The molecule has 0 saturated heterocycles. The van der Waals surface area contributed by atoms with Crippen molar-refractivity contribution in [1.82, 2.24) is 4.98 Å². The first-order valence-electron chi connectivity index (χ1n) is 6.91. The van der Waals surface area contributed by atoms with Crippen LogP contribution in [0.15, 0.2) is 40.8 Å². The molecule has 3 rings (SSSR count). The number of aromatic nitrogens is 1. The van der Waals surface area contributed by atoms with Crippen LogP contribution < -0.4 is 5.32 Å². The molecule has 0 saturated carbocycles. The predicted molar refractivity (Wildman–Crippen MR) is 88.3 cm³/mol. The van der Waals surface area contributed by atoms with Gasteiger partial charge in [-0.05, 0) is 49.2 Å². The van der Waals surface area contributed by atoms with E-state index in [1.807, 2.05) is 50.2 Å². The molecule has 1 heterocycles.